The van der Waals surface area contributed by atoms with E-state index in [-0.39, 0.29) is 5.78 Å². The fourth-order valence-corrected chi connectivity index (χ4v) is 1.73. The Labute approximate surface area is 101 Å². The minimum Gasteiger partial charge on any atom is -0.465 e. The van der Waals surface area contributed by atoms with Gasteiger partial charge in [-0.2, -0.15) is 0 Å². The van der Waals surface area contributed by atoms with E-state index in [4.69, 9.17) is 4.74 Å². The van der Waals surface area contributed by atoms with Crippen LogP contribution < -0.4 is 0 Å². The Hall–Kier alpha value is -1.71. The number of nitrogens with zero attached hydrogens (tertiary/aromatic N) is 1. The molecule has 1 aromatic rings. The van der Waals surface area contributed by atoms with Gasteiger partial charge in [-0.05, 0) is 19.1 Å². The van der Waals surface area contributed by atoms with Crippen molar-refractivity contribution in [3.05, 3.63) is 29.6 Å². The molecule has 0 aliphatic heterocycles. The van der Waals surface area contributed by atoms with Crippen molar-refractivity contribution in [3.63, 3.8) is 0 Å². The zero-order chi connectivity index (χ0) is 12.8. The maximum atomic E-state index is 11.8. The molecular formula is C13H17NO3. The Kier molecular flexibility index (Phi) is 4.82. The molecule has 1 unspecified atom stereocenters. The predicted molar refractivity (Wildman–Crippen MR) is 63.7 cm³/mol. The number of ether oxygens (including phenoxy) is 1. The van der Waals surface area contributed by atoms with Gasteiger partial charge in [0.2, 0.25) is 0 Å². The molecule has 1 heterocycles. The molecule has 1 aliphatic rings. The fourth-order valence-electron chi connectivity index (χ4n) is 1.73. The van der Waals surface area contributed by atoms with Crippen molar-refractivity contribution >= 4 is 11.8 Å². The number of ketones is 1. The topological polar surface area (TPSA) is 56.3 Å². The van der Waals surface area contributed by atoms with Crippen molar-refractivity contribution < 1.29 is 14.3 Å². The van der Waals surface area contributed by atoms with Gasteiger partial charge in [-0.25, -0.2) is 0 Å². The van der Waals surface area contributed by atoms with Gasteiger partial charge in [-0.1, -0.05) is 13.8 Å². The van der Waals surface area contributed by atoms with Crippen molar-refractivity contribution in [2.75, 3.05) is 6.61 Å². The first-order valence-electron chi connectivity index (χ1n) is 5.88. The monoisotopic (exact) mass is 235 g/mol. The molecule has 1 atom stereocenters. The molecule has 0 saturated carbocycles. The quantitative estimate of drug-likeness (QED) is 0.581. The molecule has 4 heteroatoms. The summed E-state index contributed by atoms with van der Waals surface area (Å²) in [7, 11) is 0. The van der Waals surface area contributed by atoms with Crippen LogP contribution in [0.15, 0.2) is 18.3 Å². The lowest BCUT2D eigenvalue weighted by Gasteiger charge is -2.05. The number of carbonyl (C=O) groups is 2. The minimum atomic E-state index is -0.685. The van der Waals surface area contributed by atoms with E-state index in [0.717, 1.165) is 0 Å². The number of carbonyl (C=O) groups excluding carboxylic acids is 2. The maximum Gasteiger partial charge on any atom is 0.317 e. The van der Waals surface area contributed by atoms with E-state index in [1.165, 1.54) is 0 Å². The second-order valence-corrected chi connectivity index (χ2v) is 3.37. The Morgan fingerprint density at radius 1 is 1.53 bits per heavy atom. The van der Waals surface area contributed by atoms with Gasteiger partial charge in [0.25, 0.3) is 0 Å². The SMILES string of the molecule is CC.CCOC(=O)C1Cc2ncccc2C1=O. The fraction of sp³-hybridized carbons (Fsp3) is 0.462. The van der Waals surface area contributed by atoms with Gasteiger partial charge in [0.05, 0.1) is 12.3 Å². The zero-order valence-corrected chi connectivity index (χ0v) is 10.4. The molecule has 17 heavy (non-hydrogen) atoms. The van der Waals surface area contributed by atoms with Crippen LogP contribution in [0.3, 0.4) is 0 Å². The van der Waals surface area contributed by atoms with E-state index in [9.17, 15) is 9.59 Å². The maximum absolute atomic E-state index is 11.8. The van der Waals surface area contributed by atoms with E-state index >= 15 is 0 Å². The van der Waals surface area contributed by atoms with Crippen molar-refractivity contribution in [2.45, 2.75) is 27.2 Å². The first-order chi connectivity index (χ1) is 8.24. The Morgan fingerprint density at radius 3 is 2.82 bits per heavy atom. The molecule has 0 fully saturated rings. The van der Waals surface area contributed by atoms with Gasteiger partial charge in [0.1, 0.15) is 5.92 Å². The van der Waals surface area contributed by atoms with Crippen LogP contribution in [0.2, 0.25) is 0 Å². The van der Waals surface area contributed by atoms with Gasteiger partial charge in [-0.3, -0.25) is 14.6 Å². The van der Waals surface area contributed by atoms with Gasteiger partial charge < -0.3 is 4.74 Å². The molecule has 0 saturated heterocycles. The van der Waals surface area contributed by atoms with E-state index in [1.54, 1.807) is 25.3 Å². The molecular weight excluding hydrogens is 218 g/mol. The Bertz CT molecular complexity index is 415. The van der Waals surface area contributed by atoms with Gasteiger partial charge in [-0.15, -0.1) is 0 Å². The predicted octanol–water partition coefficient (Wildman–Crippen LogP) is 2.03. The molecule has 0 bridgehead atoms. The first-order valence-corrected chi connectivity index (χ1v) is 5.88. The van der Waals surface area contributed by atoms with Crippen LogP contribution in [0.1, 0.15) is 36.8 Å². The van der Waals surface area contributed by atoms with E-state index in [1.807, 2.05) is 13.8 Å². The summed E-state index contributed by atoms with van der Waals surface area (Å²) in [5, 5.41) is 0. The lowest BCUT2D eigenvalue weighted by molar-refractivity contribution is -0.145. The first kappa shape index (κ1) is 13.4. The van der Waals surface area contributed by atoms with Crippen LogP contribution in [0.4, 0.5) is 0 Å². The summed E-state index contributed by atoms with van der Waals surface area (Å²) in [6.45, 7) is 6.02. The van der Waals surface area contributed by atoms with Crippen molar-refractivity contribution in [1.82, 2.24) is 4.98 Å². The number of fused-ring (bicyclic) bond motifs is 1. The van der Waals surface area contributed by atoms with Crippen LogP contribution >= 0.6 is 0 Å². The highest BCUT2D eigenvalue weighted by molar-refractivity contribution is 6.11. The van der Waals surface area contributed by atoms with E-state index in [0.29, 0.717) is 24.3 Å². The van der Waals surface area contributed by atoms with E-state index in [2.05, 4.69) is 4.98 Å². The number of esters is 1. The summed E-state index contributed by atoms with van der Waals surface area (Å²) in [6, 6.07) is 3.40. The molecule has 0 aromatic carbocycles. The molecule has 0 N–H and O–H groups in total. The summed E-state index contributed by atoms with van der Waals surface area (Å²) in [4.78, 5) is 27.3. The van der Waals surface area contributed by atoms with E-state index < -0.39 is 11.9 Å². The number of hydrogen-bond acceptors (Lipinski definition) is 4. The number of aromatic nitrogens is 1. The Balaban J connectivity index is 0.000000686. The zero-order valence-electron chi connectivity index (χ0n) is 10.4. The second kappa shape index (κ2) is 6.13. The number of pyridine rings is 1. The number of hydrogen-bond donors (Lipinski definition) is 0. The lowest BCUT2D eigenvalue weighted by Crippen LogP contribution is -2.23. The highest BCUT2D eigenvalue weighted by atomic mass is 16.5. The average Bonchev–Trinajstić information content (AvgIpc) is 2.70. The van der Waals surface area contributed by atoms with Gasteiger partial charge >= 0.3 is 5.97 Å². The minimum absolute atomic E-state index is 0.170. The smallest absolute Gasteiger partial charge is 0.317 e. The third-order valence-corrected chi connectivity index (χ3v) is 2.44. The standard InChI is InChI=1S/C11H11NO3.C2H6/c1-2-15-11(14)8-6-9-7(10(8)13)4-3-5-12-9;1-2/h3-5,8H,2,6H2,1H3;1-2H3. The summed E-state index contributed by atoms with van der Waals surface area (Å²) >= 11 is 0. The van der Waals surface area contributed by atoms with Crippen LogP contribution in [0.25, 0.3) is 0 Å². The van der Waals surface area contributed by atoms with Crippen LogP contribution in [-0.2, 0) is 16.0 Å². The van der Waals surface area contributed by atoms with Gasteiger partial charge in [0, 0.05) is 18.2 Å². The highest BCUT2D eigenvalue weighted by Gasteiger charge is 2.37. The summed E-state index contributed by atoms with van der Waals surface area (Å²) < 4.78 is 4.84. The number of Topliss-reactive ketones (excluding diaryl/α,β-unsaturated/α-hetero) is 1. The van der Waals surface area contributed by atoms with Crippen LogP contribution in [0, 0.1) is 5.92 Å². The third-order valence-electron chi connectivity index (χ3n) is 2.44. The molecule has 0 radical (unpaired) electrons. The van der Waals surface area contributed by atoms with Crippen LogP contribution in [-0.4, -0.2) is 23.3 Å². The molecule has 0 spiro atoms. The third kappa shape index (κ3) is 2.70. The van der Waals surface area contributed by atoms with Crippen molar-refractivity contribution in [3.8, 4) is 0 Å². The molecule has 1 aromatic heterocycles. The normalized spacial score (nSPS) is 16.9. The highest BCUT2D eigenvalue weighted by Crippen LogP contribution is 2.25. The van der Waals surface area contributed by atoms with Crippen molar-refractivity contribution in [1.29, 1.82) is 0 Å². The average molecular weight is 235 g/mol. The number of rotatable bonds is 2. The second-order valence-electron chi connectivity index (χ2n) is 3.37. The van der Waals surface area contributed by atoms with Crippen molar-refractivity contribution in [2.24, 2.45) is 5.92 Å². The summed E-state index contributed by atoms with van der Waals surface area (Å²) in [6.07, 6.45) is 1.99. The molecule has 92 valence electrons. The van der Waals surface area contributed by atoms with Crippen LogP contribution in [0.5, 0.6) is 0 Å². The summed E-state index contributed by atoms with van der Waals surface area (Å²) in [5.74, 6) is -1.30. The summed E-state index contributed by atoms with van der Waals surface area (Å²) in [5.41, 5.74) is 1.25. The molecule has 0 amide bonds. The Morgan fingerprint density at radius 2 is 2.24 bits per heavy atom. The molecule has 4 nitrogen and oxygen atoms in total. The van der Waals surface area contributed by atoms with Gasteiger partial charge in [0.15, 0.2) is 5.78 Å². The molecule has 1 aliphatic carbocycles. The largest absolute Gasteiger partial charge is 0.465 e. The lowest BCUT2D eigenvalue weighted by atomic mass is 10.1. The molecule has 2 rings (SSSR count).